The zero-order chi connectivity index (χ0) is 19.7. The zero-order valence-corrected chi connectivity index (χ0v) is 18.2. The lowest BCUT2D eigenvalue weighted by Crippen LogP contribution is -2.42. The quantitative estimate of drug-likeness (QED) is 0.511. The predicted molar refractivity (Wildman–Crippen MR) is 119 cm³/mol. The Bertz CT molecular complexity index is 609. The molecule has 2 aliphatic rings. The molecular formula is C22H35N3O2S. The number of thioether (sulfide) groups is 1. The molecule has 2 saturated heterocycles. The molecule has 0 amide bonds. The van der Waals surface area contributed by atoms with Crippen molar-refractivity contribution in [2.45, 2.75) is 50.2 Å². The average molecular weight is 406 g/mol. The van der Waals surface area contributed by atoms with Gasteiger partial charge >= 0.3 is 0 Å². The van der Waals surface area contributed by atoms with E-state index in [0.29, 0.717) is 11.9 Å². The van der Waals surface area contributed by atoms with Gasteiger partial charge in [-0.05, 0) is 63.0 Å². The van der Waals surface area contributed by atoms with Gasteiger partial charge in [-0.2, -0.15) is 11.8 Å². The SMILES string of the molecule is CCNC(=NCC1(c2ccc(OCC)cc2)CCOCC1)NCC1CCCS1. The number of benzene rings is 1. The van der Waals surface area contributed by atoms with Gasteiger partial charge in [0.25, 0.3) is 0 Å². The minimum atomic E-state index is 0.0352. The number of hydrogen-bond donors (Lipinski definition) is 2. The van der Waals surface area contributed by atoms with E-state index in [0.717, 1.165) is 57.4 Å². The lowest BCUT2D eigenvalue weighted by atomic mass is 9.74. The van der Waals surface area contributed by atoms with Crippen molar-refractivity contribution in [1.29, 1.82) is 0 Å². The van der Waals surface area contributed by atoms with Crippen LogP contribution in [0.1, 0.15) is 45.1 Å². The Labute approximate surface area is 174 Å². The maximum atomic E-state index is 5.67. The van der Waals surface area contributed by atoms with E-state index in [1.807, 2.05) is 6.92 Å². The largest absolute Gasteiger partial charge is 0.494 e. The number of ether oxygens (including phenoxy) is 2. The van der Waals surface area contributed by atoms with Crippen molar-refractivity contribution in [3.8, 4) is 5.75 Å². The van der Waals surface area contributed by atoms with Crippen molar-refractivity contribution in [2.24, 2.45) is 4.99 Å². The van der Waals surface area contributed by atoms with E-state index in [-0.39, 0.29) is 5.41 Å². The molecule has 6 heteroatoms. The summed E-state index contributed by atoms with van der Waals surface area (Å²) < 4.78 is 11.3. The molecule has 0 spiro atoms. The normalized spacial score (nSPS) is 22.1. The van der Waals surface area contributed by atoms with Crippen molar-refractivity contribution < 1.29 is 9.47 Å². The molecule has 1 unspecified atom stereocenters. The zero-order valence-electron chi connectivity index (χ0n) is 17.3. The van der Waals surface area contributed by atoms with Gasteiger partial charge in [0.15, 0.2) is 5.96 Å². The van der Waals surface area contributed by atoms with Gasteiger partial charge < -0.3 is 20.1 Å². The topological polar surface area (TPSA) is 54.9 Å². The Morgan fingerprint density at radius 2 is 2.00 bits per heavy atom. The van der Waals surface area contributed by atoms with Crippen LogP contribution < -0.4 is 15.4 Å². The number of aliphatic imine (C=N–C) groups is 1. The molecule has 2 fully saturated rings. The van der Waals surface area contributed by atoms with Crippen LogP contribution in [0.5, 0.6) is 5.75 Å². The van der Waals surface area contributed by atoms with Gasteiger partial charge in [0.2, 0.25) is 0 Å². The molecule has 2 heterocycles. The summed E-state index contributed by atoms with van der Waals surface area (Å²) >= 11 is 2.08. The van der Waals surface area contributed by atoms with Gasteiger partial charge in [0, 0.05) is 37.0 Å². The van der Waals surface area contributed by atoms with E-state index >= 15 is 0 Å². The average Bonchev–Trinajstić information content (AvgIpc) is 3.25. The van der Waals surface area contributed by atoms with Gasteiger partial charge in [0.05, 0.1) is 13.2 Å². The van der Waals surface area contributed by atoms with E-state index in [1.54, 1.807) is 0 Å². The molecule has 5 nitrogen and oxygen atoms in total. The molecule has 3 rings (SSSR count). The van der Waals surface area contributed by atoms with Crippen LogP contribution in [0.3, 0.4) is 0 Å². The second kappa shape index (κ2) is 11.0. The minimum absolute atomic E-state index is 0.0352. The summed E-state index contributed by atoms with van der Waals surface area (Å²) in [5, 5.41) is 7.70. The van der Waals surface area contributed by atoms with Crippen molar-refractivity contribution in [3.05, 3.63) is 29.8 Å². The molecule has 28 heavy (non-hydrogen) atoms. The molecule has 156 valence electrons. The molecule has 0 saturated carbocycles. The molecule has 1 aromatic rings. The molecule has 0 radical (unpaired) electrons. The van der Waals surface area contributed by atoms with Crippen molar-refractivity contribution in [1.82, 2.24) is 10.6 Å². The molecular weight excluding hydrogens is 370 g/mol. The van der Waals surface area contributed by atoms with Crippen molar-refractivity contribution >= 4 is 17.7 Å². The first-order chi connectivity index (χ1) is 13.8. The third-order valence-corrected chi connectivity index (χ3v) is 7.03. The number of hydrogen-bond acceptors (Lipinski definition) is 4. The van der Waals surface area contributed by atoms with Gasteiger partial charge in [-0.3, -0.25) is 4.99 Å². The summed E-state index contributed by atoms with van der Waals surface area (Å²) in [7, 11) is 0. The van der Waals surface area contributed by atoms with Crippen LogP contribution >= 0.6 is 11.8 Å². The lowest BCUT2D eigenvalue weighted by Gasteiger charge is -2.36. The van der Waals surface area contributed by atoms with E-state index in [1.165, 1.54) is 24.2 Å². The first-order valence-electron chi connectivity index (χ1n) is 10.7. The summed E-state index contributed by atoms with van der Waals surface area (Å²) in [6.45, 7) is 9.08. The number of guanidine groups is 1. The highest BCUT2D eigenvalue weighted by molar-refractivity contribution is 8.00. The van der Waals surface area contributed by atoms with Crippen LogP contribution in [0.25, 0.3) is 0 Å². The molecule has 0 aliphatic carbocycles. The van der Waals surface area contributed by atoms with E-state index in [4.69, 9.17) is 14.5 Å². The van der Waals surface area contributed by atoms with E-state index in [2.05, 4.69) is 53.6 Å². The van der Waals surface area contributed by atoms with Crippen LogP contribution in [0.15, 0.2) is 29.3 Å². The monoisotopic (exact) mass is 405 g/mol. The molecule has 2 N–H and O–H groups in total. The van der Waals surface area contributed by atoms with Gasteiger partial charge in [-0.25, -0.2) is 0 Å². The number of rotatable bonds is 8. The van der Waals surface area contributed by atoms with Crippen LogP contribution in [0.2, 0.25) is 0 Å². The second-order valence-corrected chi connectivity index (χ2v) is 8.97. The van der Waals surface area contributed by atoms with E-state index < -0.39 is 0 Å². The van der Waals surface area contributed by atoms with Crippen LogP contribution in [-0.4, -0.2) is 56.4 Å². The smallest absolute Gasteiger partial charge is 0.191 e. The van der Waals surface area contributed by atoms with Gasteiger partial charge in [-0.1, -0.05) is 12.1 Å². The van der Waals surface area contributed by atoms with E-state index in [9.17, 15) is 0 Å². The lowest BCUT2D eigenvalue weighted by molar-refractivity contribution is 0.0531. The standard InChI is InChI=1S/C22H35N3O2S/c1-3-23-21(24-16-20-6-5-15-28-20)25-17-22(11-13-26-14-12-22)18-7-9-19(10-8-18)27-4-2/h7-10,20H,3-6,11-17H2,1-2H3,(H2,23,24,25). The predicted octanol–water partition coefficient (Wildman–Crippen LogP) is 3.58. The first-order valence-corrected chi connectivity index (χ1v) is 11.8. The van der Waals surface area contributed by atoms with Crippen molar-refractivity contribution in [2.75, 3.05) is 45.2 Å². The number of nitrogens with zero attached hydrogens (tertiary/aromatic N) is 1. The molecule has 2 aliphatic heterocycles. The molecule has 0 aromatic heterocycles. The Balaban J connectivity index is 1.71. The fourth-order valence-electron chi connectivity index (χ4n) is 3.96. The van der Waals surface area contributed by atoms with Gasteiger partial charge in [-0.15, -0.1) is 0 Å². The summed E-state index contributed by atoms with van der Waals surface area (Å²) in [5.74, 6) is 3.16. The van der Waals surface area contributed by atoms with Crippen molar-refractivity contribution in [3.63, 3.8) is 0 Å². The molecule has 0 bridgehead atoms. The highest BCUT2D eigenvalue weighted by Crippen LogP contribution is 2.36. The highest BCUT2D eigenvalue weighted by atomic mass is 32.2. The summed E-state index contributed by atoms with van der Waals surface area (Å²) in [4.78, 5) is 5.00. The van der Waals surface area contributed by atoms with Crippen LogP contribution in [0, 0.1) is 0 Å². The van der Waals surface area contributed by atoms with Crippen LogP contribution in [0.4, 0.5) is 0 Å². The molecule has 1 aromatic carbocycles. The Morgan fingerprint density at radius 1 is 1.21 bits per heavy atom. The first kappa shape index (κ1) is 21.3. The summed E-state index contributed by atoms with van der Waals surface area (Å²) in [6.07, 6.45) is 4.65. The third-order valence-electron chi connectivity index (χ3n) is 5.63. The second-order valence-electron chi connectivity index (χ2n) is 7.56. The third kappa shape index (κ3) is 5.80. The maximum absolute atomic E-state index is 5.67. The van der Waals surface area contributed by atoms with Gasteiger partial charge in [0.1, 0.15) is 5.75 Å². The summed E-state index contributed by atoms with van der Waals surface area (Å²) in [5.41, 5.74) is 1.37. The fourth-order valence-corrected chi connectivity index (χ4v) is 5.16. The maximum Gasteiger partial charge on any atom is 0.191 e. The number of nitrogens with one attached hydrogen (secondary N) is 2. The molecule has 1 atom stereocenters. The Kier molecular flexibility index (Phi) is 8.34. The Morgan fingerprint density at radius 3 is 2.64 bits per heavy atom. The minimum Gasteiger partial charge on any atom is -0.494 e. The highest BCUT2D eigenvalue weighted by Gasteiger charge is 2.34. The Hall–Kier alpha value is -1.40. The summed E-state index contributed by atoms with van der Waals surface area (Å²) in [6, 6.07) is 8.59. The fraction of sp³-hybridized carbons (Fsp3) is 0.682. The van der Waals surface area contributed by atoms with Crippen LogP contribution in [-0.2, 0) is 10.2 Å².